The predicted octanol–water partition coefficient (Wildman–Crippen LogP) is 2.39. The second-order valence-corrected chi connectivity index (χ2v) is 9.31. The van der Waals surface area contributed by atoms with Crippen LogP contribution in [0.2, 0.25) is 0 Å². The molecule has 2 unspecified atom stereocenters. The van der Waals surface area contributed by atoms with Crippen molar-refractivity contribution in [2.45, 2.75) is 31.3 Å². The predicted molar refractivity (Wildman–Crippen MR) is 127 cm³/mol. The van der Waals surface area contributed by atoms with Gasteiger partial charge in [0.25, 0.3) is 5.91 Å². The molecule has 1 amide bonds. The minimum Gasteiger partial charge on any atom is -0.378 e. The summed E-state index contributed by atoms with van der Waals surface area (Å²) in [6.45, 7) is 6.48. The number of likely N-dealkylation sites (N-methyl/N-ethyl adjacent to an activating group) is 1. The average molecular weight is 435 g/mol. The van der Waals surface area contributed by atoms with Crippen molar-refractivity contribution < 1.29 is 9.53 Å². The number of morpholine rings is 1. The van der Waals surface area contributed by atoms with Gasteiger partial charge in [0.1, 0.15) is 0 Å². The maximum Gasteiger partial charge on any atom is 0.251 e. The van der Waals surface area contributed by atoms with E-state index in [1.807, 2.05) is 12.1 Å². The Morgan fingerprint density at radius 1 is 1.09 bits per heavy atom. The van der Waals surface area contributed by atoms with E-state index < -0.39 is 0 Å². The maximum atomic E-state index is 13.0. The molecule has 2 heterocycles. The number of carbonyl (C=O) groups is 1. The SMILES string of the molecule is CN1CCNC(c2cccc3c2CC(NC(=O)c2ccc(N4CCOCC4)cc2)CC3)C1. The summed E-state index contributed by atoms with van der Waals surface area (Å²) in [5.41, 5.74) is 6.17. The van der Waals surface area contributed by atoms with Crippen molar-refractivity contribution in [1.82, 2.24) is 15.5 Å². The van der Waals surface area contributed by atoms with E-state index in [9.17, 15) is 4.79 Å². The van der Waals surface area contributed by atoms with Gasteiger partial charge >= 0.3 is 0 Å². The Morgan fingerprint density at radius 2 is 1.91 bits per heavy atom. The highest BCUT2D eigenvalue weighted by atomic mass is 16.5. The van der Waals surface area contributed by atoms with Crippen LogP contribution >= 0.6 is 0 Å². The van der Waals surface area contributed by atoms with Crippen LogP contribution in [0, 0.1) is 0 Å². The first-order valence-electron chi connectivity index (χ1n) is 11.9. The molecule has 5 rings (SSSR count). The van der Waals surface area contributed by atoms with Gasteiger partial charge in [-0.15, -0.1) is 0 Å². The van der Waals surface area contributed by atoms with Gasteiger partial charge in [-0.25, -0.2) is 0 Å². The standard InChI is InChI=1S/C26H34N4O2/c1-29-12-11-27-25(18-29)23-4-2-3-19-5-8-21(17-24(19)23)28-26(31)20-6-9-22(10-7-20)30-13-15-32-16-14-30/h2-4,6-7,9-10,21,25,27H,5,8,11-18H2,1H3,(H,28,31). The molecule has 170 valence electrons. The number of aryl methyl sites for hydroxylation is 1. The maximum absolute atomic E-state index is 13.0. The lowest BCUT2D eigenvalue weighted by atomic mass is 9.83. The second kappa shape index (κ2) is 9.61. The van der Waals surface area contributed by atoms with Crippen LogP contribution in [0.1, 0.15) is 39.5 Å². The number of nitrogens with one attached hydrogen (secondary N) is 2. The number of rotatable bonds is 4. The number of piperazine rings is 1. The highest BCUT2D eigenvalue weighted by Gasteiger charge is 2.27. The van der Waals surface area contributed by atoms with Crippen LogP contribution in [0.5, 0.6) is 0 Å². The molecule has 0 spiro atoms. The first kappa shape index (κ1) is 21.4. The summed E-state index contributed by atoms with van der Waals surface area (Å²) in [5.74, 6) is 0.0278. The smallest absolute Gasteiger partial charge is 0.251 e. The van der Waals surface area contributed by atoms with Gasteiger partial charge in [-0.3, -0.25) is 4.79 Å². The third-order valence-electron chi connectivity index (χ3n) is 7.12. The van der Waals surface area contributed by atoms with Crippen LogP contribution in [0.25, 0.3) is 0 Å². The fourth-order valence-electron chi connectivity index (χ4n) is 5.28. The van der Waals surface area contributed by atoms with E-state index in [0.29, 0.717) is 6.04 Å². The molecule has 0 saturated carbocycles. The number of carbonyl (C=O) groups excluding carboxylic acids is 1. The first-order valence-corrected chi connectivity index (χ1v) is 11.9. The number of ether oxygens (including phenoxy) is 1. The number of anilines is 1. The van der Waals surface area contributed by atoms with E-state index >= 15 is 0 Å². The molecule has 6 nitrogen and oxygen atoms in total. The molecule has 2 fully saturated rings. The van der Waals surface area contributed by atoms with Crippen molar-refractivity contribution in [1.29, 1.82) is 0 Å². The van der Waals surface area contributed by atoms with Gasteiger partial charge in [0.05, 0.1) is 13.2 Å². The van der Waals surface area contributed by atoms with Crippen LogP contribution in [0.15, 0.2) is 42.5 Å². The Labute approximate surface area is 190 Å². The van der Waals surface area contributed by atoms with Gasteiger partial charge in [-0.1, -0.05) is 18.2 Å². The van der Waals surface area contributed by atoms with Gasteiger partial charge in [-0.05, 0) is 67.3 Å². The molecular weight excluding hydrogens is 400 g/mol. The fraction of sp³-hybridized carbons (Fsp3) is 0.500. The van der Waals surface area contributed by atoms with Crippen molar-refractivity contribution in [3.8, 4) is 0 Å². The second-order valence-electron chi connectivity index (χ2n) is 9.31. The van der Waals surface area contributed by atoms with Crippen LogP contribution in [0.3, 0.4) is 0 Å². The van der Waals surface area contributed by atoms with E-state index in [1.165, 1.54) is 16.7 Å². The fourth-order valence-corrected chi connectivity index (χ4v) is 5.28. The minimum atomic E-state index is 0.0278. The van der Waals surface area contributed by atoms with Crippen molar-refractivity contribution in [3.05, 3.63) is 64.7 Å². The molecule has 2 saturated heterocycles. The third-order valence-corrected chi connectivity index (χ3v) is 7.12. The summed E-state index contributed by atoms with van der Waals surface area (Å²) in [6.07, 6.45) is 2.92. The number of benzene rings is 2. The van der Waals surface area contributed by atoms with E-state index in [0.717, 1.165) is 76.5 Å². The highest BCUT2D eigenvalue weighted by molar-refractivity contribution is 5.94. The lowest BCUT2D eigenvalue weighted by molar-refractivity contribution is 0.0933. The molecule has 0 aromatic heterocycles. The lowest BCUT2D eigenvalue weighted by Gasteiger charge is -2.35. The first-order chi connectivity index (χ1) is 15.7. The molecule has 6 heteroatoms. The molecule has 2 aliphatic heterocycles. The lowest BCUT2D eigenvalue weighted by Crippen LogP contribution is -2.45. The van der Waals surface area contributed by atoms with Crippen molar-refractivity contribution in [3.63, 3.8) is 0 Å². The summed E-state index contributed by atoms with van der Waals surface area (Å²) in [7, 11) is 2.19. The number of fused-ring (bicyclic) bond motifs is 1. The molecule has 2 atom stereocenters. The molecule has 2 aromatic carbocycles. The van der Waals surface area contributed by atoms with Crippen LogP contribution < -0.4 is 15.5 Å². The van der Waals surface area contributed by atoms with Crippen LogP contribution in [-0.4, -0.2) is 69.8 Å². The number of nitrogens with zero attached hydrogens (tertiary/aromatic N) is 2. The topological polar surface area (TPSA) is 56.8 Å². The van der Waals surface area contributed by atoms with Crippen LogP contribution in [-0.2, 0) is 17.6 Å². The van der Waals surface area contributed by atoms with Crippen molar-refractivity contribution in [2.75, 3.05) is 57.9 Å². The zero-order valence-electron chi connectivity index (χ0n) is 19.0. The van der Waals surface area contributed by atoms with E-state index in [2.05, 4.69) is 57.8 Å². The van der Waals surface area contributed by atoms with Gasteiger partial charge in [0.2, 0.25) is 0 Å². The molecule has 0 radical (unpaired) electrons. The summed E-state index contributed by atoms with van der Waals surface area (Å²) in [5, 5.41) is 7.00. The molecular formula is C26H34N4O2. The molecule has 2 aromatic rings. The Kier molecular flexibility index (Phi) is 6.44. The van der Waals surface area contributed by atoms with Gasteiger partial charge in [0.15, 0.2) is 0 Å². The quantitative estimate of drug-likeness (QED) is 0.774. The third kappa shape index (κ3) is 4.68. The molecule has 3 aliphatic rings. The number of hydrogen-bond donors (Lipinski definition) is 2. The Balaban J connectivity index is 1.25. The summed E-state index contributed by atoms with van der Waals surface area (Å²) >= 11 is 0. The van der Waals surface area contributed by atoms with E-state index in [1.54, 1.807) is 0 Å². The Hall–Kier alpha value is -2.41. The van der Waals surface area contributed by atoms with Crippen molar-refractivity contribution >= 4 is 11.6 Å². The largest absolute Gasteiger partial charge is 0.378 e. The van der Waals surface area contributed by atoms with E-state index in [-0.39, 0.29) is 11.9 Å². The van der Waals surface area contributed by atoms with E-state index in [4.69, 9.17) is 4.74 Å². The normalized spacial score (nSPS) is 24.1. The van der Waals surface area contributed by atoms with Gasteiger partial charge in [0, 0.05) is 56.1 Å². The van der Waals surface area contributed by atoms with Gasteiger partial charge < -0.3 is 25.2 Å². The molecule has 2 N–H and O–H groups in total. The Morgan fingerprint density at radius 3 is 2.69 bits per heavy atom. The zero-order valence-corrected chi connectivity index (χ0v) is 19.0. The van der Waals surface area contributed by atoms with Gasteiger partial charge in [-0.2, -0.15) is 0 Å². The minimum absolute atomic E-state index is 0.0278. The average Bonchev–Trinajstić information content (AvgIpc) is 2.84. The summed E-state index contributed by atoms with van der Waals surface area (Å²) < 4.78 is 5.43. The van der Waals surface area contributed by atoms with Crippen molar-refractivity contribution in [2.24, 2.45) is 0 Å². The summed E-state index contributed by atoms with van der Waals surface area (Å²) in [4.78, 5) is 17.7. The molecule has 0 bridgehead atoms. The number of amides is 1. The highest BCUT2D eigenvalue weighted by Crippen LogP contribution is 2.30. The monoisotopic (exact) mass is 434 g/mol. The summed E-state index contributed by atoms with van der Waals surface area (Å²) in [6, 6.07) is 15.3. The molecule has 32 heavy (non-hydrogen) atoms. The number of hydrogen-bond acceptors (Lipinski definition) is 5. The van der Waals surface area contributed by atoms with Crippen LogP contribution in [0.4, 0.5) is 5.69 Å². The molecule has 1 aliphatic carbocycles. The Bertz CT molecular complexity index is 939. The zero-order chi connectivity index (χ0) is 21.9.